The van der Waals surface area contributed by atoms with E-state index in [1.807, 2.05) is 84.9 Å². The fourth-order valence-electron chi connectivity index (χ4n) is 8.10. The molecule has 0 fully saturated rings. The maximum atomic E-state index is 14.2. The molecule has 0 amide bonds. The quantitative estimate of drug-likeness (QED) is 0.0471. The first-order valence-electron chi connectivity index (χ1n) is 23.6. The smallest absolute Gasteiger partial charge is 0.209 e. The van der Waals surface area contributed by atoms with Crippen molar-refractivity contribution in [3.8, 4) is 58.5 Å². The zero-order valence-electron chi connectivity index (χ0n) is 40.7. The highest BCUT2D eigenvalue weighted by molar-refractivity contribution is 7.30. The lowest BCUT2D eigenvalue weighted by molar-refractivity contribution is 0.102. The normalized spacial score (nSPS) is 11.0. The van der Waals surface area contributed by atoms with Gasteiger partial charge in [0.25, 0.3) is 0 Å². The van der Waals surface area contributed by atoms with Crippen molar-refractivity contribution in [2.75, 3.05) is 0 Å². The van der Waals surface area contributed by atoms with Crippen LogP contribution in [0.2, 0.25) is 0 Å². The summed E-state index contributed by atoms with van der Waals surface area (Å²) in [7, 11) is 0. The topological polar surface area (TPSA) is 68.3 Å². The van der Waals surface area contributed by atoms with E-state index in [1.54, 1.807) is 46.9 Å². The van der Waals surface area contributed by atoms with Gasteiger partial charge in [0.05, 0.1) is 19.5 Å². The minimum Gasteiger partial charge on any atom is -0.288 e. The Hall–Kier alpha value is -7.54. The zero-order chi connectivity index (χ0) is 57.7. The number of hydrogen-bond acceptors (Lipinski definition) is 12. The lowest BCUT2D eigenvalue weighted by Gasteiger charge is -2.06. The van der Waals surface area contributed by atoms with E-state index in [2.05, 4.69) is 24.3 Å². The third-order valence-electron chi connectivity index (χ3n) is 12.1. The van der Waals surface area contributed by atoms with Crippen LogP contribution in [0.1, 0.15) is 75.8 Å². The van der Waals surface area contributed by atoms with Crippen molar-refractivity contribution in [3.63, 3.8) is 0 Å². The van der Waals surface area contributed by atoms with Gasteiger partial charge in [0, 0.05) is 69.7 Å². The molecule has 0 bridgehead atoms. The molecule has 0 aliphatic rings. The van der Waals surface area contributed by atoms with Crippen LogP contribution in [0.4, 0.5) is 43.9 Å². The van der Waals surface area contributed by atoms with E-state index < -0.39 is 80.9 Å². The molecule has 22 heteroatoms. The maximum absolute atomic E-state index is 14.2. The third-order valence-corrected chi connectivity index (χ3v) is 22.0. The molecular formula is C62H34F10O4S8. The zero-order valence-corrected chi connectivity index (χ0v) is 47.2. The van der Waals surface area contributed by atoms with Crippen molar-refractivity contribution in [2.45, 2.75) is 14.9 Å². The summed E-state index contributed by atoms with van der Waals surface area (Å²) in [6, 6.07) is 47.4. The highest BCUT2D eigenvalue weighted by Gasteiger charge is 2.33. The van der Waals surface area contributed by atoms with Gasteiger partial charge in [0.1, 0.15) is 11.1 Å². The van der Waals surface area contributed by atoms with Gasteiger partial charge in [0.15, 0.2) is 46.5 Å². The van der Waals surface area contributed by atoms with Crippen molar-refractivity contribution >= 4 is 114 Å². The summed E-state index contributed by atoms with van der Waals surface area (Å²) in [6.45, 7) is 0. The summed E-state index contributed by atoms with van der Waals surface area (Å²) >= 11 is 10.6. The Balaban J connectivity index is 0.000000202. The summed E-state index contributed by atoms with van der Waals surface area (Å²) < 4.78 is 138. The second-order valence-electron chi connectivity index (χ2n) is 17.2. The largest absolute Gasteiger partial charge is 0.288 e. The molecule has 0 radical (unpaired) electrons. The van der Waals surface area contributed by atoms with Crippen LogP contribution in [0.3, 0.4) is 0 Å². The highest BCUT2D eigenvalue weighted by Crippen LogP contribution is 2.46. The first-order valence-corrected chi connectivity index (χ1v) is 30.1. The van der Waals surface area contributed by atoms with Crippen molar-refractivity contribution < 1.29 is 63.1 Å². The van der Waals surface area contributed by atoms with Gasteiger partial charge in [-0.15, -0.1) is 90.7 Å². The summed E-state index contributed by atoms with van der Waals surface area (Å²) in [4.78, 5) is 62.4. The van der Waals surface area contributed by atoms with Crippen LogP contribution in [-0.2, 0) is 0 Å². The molecule has 8 aromatic heterocycles. The lowest BCUT2D eigenvalue weighted by atomic mass is 10.1. The average molecular weight is 1290 g/mol. The molecule has 84 heavy (non-hydrogen) atoms. The van der Waals surface area contributed by atoms with E-state index >= 15 is 0 Å². The molecule has 4 nitrogen and oxygen atoms in total. The Morgan fingerprint density at radius 1 is 0.214 bits per heavy atom. The third kappa shape index (κ3) is 11.8. The fourth-order valence-corrected chi connectivity index (χ4v) is 16.5. The number of carbonyl (C=O) groups is 4. The summed E-state index contributed by atoms with van der Waals surface area (Å²) in [5.74, 6) is -25.2. The Labute approximate surface area is 504 Å². The monoisotopic (exact) mass is 1290 g/mol. The SMILES string of the molecule is C.C.O=C(c1ccc(-c2ccc(-c3ccc(-c4ccc(C(=O)c5c(F)c(F)c(F)c(F)c5F)s4)s3)s2)s1)c1c(F)c(F)c(F)c(F)c1F.O=C(c1ccccc1)c1ccc(-c2ccc(-c3ccc(-c4ccc(C(=O)c5ccccc5)s4)s3)s2)s1. The average Bonchev–Trinajstić information content (AvgIpc) is 2.44. The molecule has 0 saturated heterocycles. The molecule has 0 atom stereocenters. The standard InChI is InChI=1S/C30H8F10O2S4.C30H18O2S4.2CH4/c31-19-17(20(32)24(36)27(39)23(19)35)29(41)15-7-5-13(45-15)11-3-1-9(43-11)10-2-4-12(44-10)14-6-8-16(46-14)30(42)18-21(33)25(37)28(40)26(38)22(18)34;31-29(19-7-3-1-4-8-19)27-17-15-25(35-27)23-13-11-21(33-23)22-12-14-24(34-22)26-16-18-28(36-26)30(32)20-9-5-2-6-10-20;;/h1-8H;1-18H;2*1H4. The van der Waals surface area contributed by atoms with Gasteiger partial charge in [-0.3, -0.25) is 19.2 Å². The first-order chi connectivity index (χ1) is 39.4. The molecule has 12 rings (SSSR count). The van der Waals surface area contributed by atoms with Gasteiger partial charge in [-0.2, -0.15) is 0 Å². The van der Waals surface area contributed by atoms with Crippen molar-refractivity contribution in [3.05, 3.63) is 258 Å². The van der Waals surface area contributed by atoms with Crippen LogP contribution < -0.4 is 0 Å². The van der Waals surface area contributed by atoms with Crippen LogP contribution in [0.25, 0.3) is 58.5 Å². The lowest BCUT2D eigenvalue weighted by Crippen LogP contribution is -2.12. The summed E-state index contributed by atoms with van der Waals surface area (Å²) in [5, 5.41) is 0. The molecule has 0 N–H and O–H groups in total. The predicted octanol–water partition coefficient (Wildman–Crippen LogP) is 21.5. The number of ketones is 4. The van der Waals surface area contributed by atoms with Gasteiger partial charge in [-0.1, -0.05) is 75.5 Å². The number of halogens is 10. The van der Waals surface area contributed by atoms with Crippen LogP contribution in [0, 0.1) is 58.2 Å². The molecule has 0 unspecified atom stereocenters. The Morgan fingerprint density at radius 3 is 0.619 bits per heavy atom. The van der Waals surface area contributed by atoms with Gasteiger partial charge in [-0.05, 0) is 97.1 Å². The van der Waals surface area contributed by atoms with E-state index in [1.165, 1.54) is 79.4 Å². The van der Waals surface area contributed by atoms with E-state index in [-0.39, 0.29) is 36.2 Å². The van der Waals surface area contributed by atoms with Gasteiger partial charge in [-0.25, -0.2) is 43.9 Å². The fraction of sp³-hybridized carbons (Fsp3) is 0.0323. The van der Waals surface area contributed by atoms with Gasteiger partial charge >= 0.3 is 0 Å². The second kappa shape index (κ2) is 25.4. The van der Waals surface area contributed by atoms with E-state index in [0.29, 0.717) is 30.6 Å². The van der Waals surface area contributed by atoms with Crippen molar-refractivity contribution in [1.29, 1.82) is 0 Å². The van der Waals surface area contributed by atoms with Crippen LogP contribution in [0.15, 0.2) is 158 Å². The molecular weight excluding hydrogens is 1260 g/mol. The Bertz CT molecular complexity index is 4120. The Kier molecular flexibility index (Phi) is 18.4. The second-order valence-corrected chi connectivity index (χ2v) is 25.9. The van der Waals surface area contributed by atoms with Crippen LogP contribution >= 0.6 is 90.7 Å². The molecule has 424 valence electrons. The molecule has 0 aliphatic carbocycles. The van der Waals surface area contributed by atoms with E-state index in [4.69, 9.17) is 0 Å². The predicted molar refractivity (Wildman–Crippen MR) is 321 cm³/mol. The van der Waals surface area contributed by atoms with E-state index in [0.717, 1.165) is 61.7 Å². The van der Waals surface area contributed by atoms with E-state index in [9.17, 15) is 63.1 Å². The number of thiophene rings is 8. The molecule has 8 heterocycles. The number of benzene rings is 4. The molecule has 0 spiro atoms. The minimum absolute atomic E-state index is 0. The first kappa shape index (κ1) is 61.0. The summed E-state index contributed by atoms with van der Waals surface area (Å²) in [5.41, 5.74) is -1.70. The minimum atomic E-state index is -2.38. The van der Waals surface area contributed by atoms with Crippen LogP contribution in [0.5, 0.6) is 0 Å². The molecule has 12 aromatic rings. The molecule has 0 saturated carbocycles. The molecule has 4 aromatic carbocycles. The number of carbonyl (C=O) groups excluding carboxylic acids is 4. The number of hydrogen-bond donors (Lipinski definition) is 0. The maximum Gasteiger partial charge on any atom is 0.209 e. The molecule has 0 aliphatic heterocycles. The van der Waals surface area contributed by atoms with Crippen molar-refractivity contribution in [1.82, 2.24) is 0 Å². The highest BCUT2D eigenvalue weighted by atomic mass is 32.1. The van der Waals surface area contributed by atoms with Gasteiger partial charge in [0.2, 0.25) is 34.8 Å². The number of rotatable bonds is 14. The Morgan fingerprint density at radius 2 is 0.393 bits per heavy atom. The van der Waals surface area contributed by atoms with Crippen molar-refractivity contribution in [2.24, 2.45) is 0 Å². The summed E-state index contributed by atoms with van der Waals surface area (Å²) in [6.07, 6.45) is 0. The van der Waals surface area contributed by atoms with Crippen LogP contribution in [-0.4, -0.2) is 23.1 Å². The van der Waals surface area contributed by atoms with Gasteiger partial charge < -0.3 is 0 Å².